The molecular weight excluding hydrogens is 244 g/mol. The van der Waals surface area contributed by atoms with Crippen LogP contribution in [0, 0.1) is 20.2 Å². The quantitative estimate of drug-likeness (QED) is 0.353. The van der Waals surface area contributed by atoms with Gasteiger partial charge in [0.05, 0.1) is 15.0 Å². The van der Waals surface area contributed by atoms with Crippen LogP contribution in [0.15, 0.2) is 24.5 Å². The molecule has 0 fully saturated rings. The van der Waals surface area contributed by atoms with Gasteiger partial charge in [0.2, 0.25) is 0 Å². The lowest BCUT2D eigenvalue weighted by Crippen LogP contribution is -2.29. The Morgan fingerprint density at radius 1 is 1.33 bits per heavy atom. The number of fused-ring (bicyclic) bond motifs is 3. The van der Waals surface area contributed by atoms with Crippen LogP contribution in [0.25, 0.3) is 11.2 Å². The average Bonchev–Trinajstić information content (AvgIpc) is 2.83. The molecule has 0 spiro atoms. The molecule has 0 bridgehead atoms. The van der Waals surface area contributed by atoms with Gasteiger partial charge < -0.3 is 10.1 Å². The number of hydrogen-bond donors (Lipinski definition) is 0. The van der Waals surface area contributed by atoms with E-state index in [4.69, 9.17) is 0 Å². The zero-order valence-corrected chi connectivity index (χ0v) is 8.63. The summed E-state index contributed by atoms with van der Waals surface area (Å²) in [5, 5.41) is 25.7. The van der Waals surface area contributed by atoms with Crippen molar-refractivity contribution in [3.05, 3.63) is 44.8 Å². The molecule has 3 rings (SSSR count). The topological polar surface area (TPSA) is 122 Å². The van der Waals surface area contributed by atoms with Crippen molar-refractivity contribution in [1.82, 2.24) is 14.6 Å². The highest BCUT2D eigenvalue weighted by molar-refractivity contribution is 5.70. The molecule has 0 aliphatic rings. The van der Waals surface area contributed by atoms with E-state index in [-0.39, 0.29) is 5.65 Å². The van der Waals surface area contributed by atoms with Gasteiger partial charge in [0.25, 0.3) is 5.65 Å². The van der Waals surface area contributed by atoms with Crippen LogP contribution in [-0.4, -0.2) is 19.3 Å². The Labute approximate surface area is 97.3 Å². The van der Waals surface area contributed by atoms with Crippen molar-refractivity contribution < 1.29 is 14.5 Å². The fourth-order valence-corrected chi connectivity index (χ4v) is 1.74. The van der Waals surface area contributed by atoms with E-state index in [9.17, 15) is 20.2 Å². The van der Waals surface area contributed by atoms with Crippen LogP contribution >= 0.6 is 0 Å². The third-order valence-corrected chi connectivity index (χ3v) is 2.42. The van der Waals surface area contributed by atoms with Gasteiger partial charge >= 0.3 is 17.7 Å². The maximum absolute atomic E-state index is 11.0. The molecule has 0 saturated carbocycles. The largest absolute Gasteiger partial charge is 0.470 e. The molecule has 10 heteroatoms. The third kappa shape index (κ3) is 1.16. The fourth-order valence-electron chi connectivity index (χ4n) is 1.74. The molecule has 10 nitrogen and oxygen atoms in total. The van der Waals surface area contributed by atoms with Gasteiger partial charge in [0.15, 0.2) is 0 Å². The molecule has 0 unspecified atom stereocenters. The molecule has 3 heterocycles. The van der Waals surface area contributed by atoms with Gasteiger partial charge in [-0.1, -0.05) is 0 Å². The minimum absolute atomic E-state index is 0.192. The zero-order chi connectivity index (χ0) is 12.9. The lowest BCUT2D eigenvalue weighted by molar-refractivity contribution is -0.678. The zero-order valence-electron chi connectivity index (χ0n) is 8.63. The van der Waals surface area contributed by atoms with Crippen LogP contribution in [-0.2, 0) is 0 Å². The van der Waals surface area contributed by atoms with Crippen molar-refractivity contribution in [3.8, 4) is 0 Å². The van der Waals surface area contributed by atoms with Crippen LogP contribution < -0.4 is 9.73 Å². The van der Waals surface area contributed by atoms with E-state index in [2.05, 4.69) is 10.1 Å². The highest BCUT2D eigenvalue weighted by atomic mass is 16.6. The van der Waals surface area contributed by atoms with Crippen molar-refractivity contribution in [2.45, 2.75) is 0 Å². The minimum Gasteiger partial charge on any atom is -0.358 e. The molecule has 90 valence electrons. The van der Waals surface area contributed by atoms with E-state index in [0.29, 0.717) is 5.52 Å². The Balaban J connectivity index is 2.53. The van der Waals surface area contributed by atoms with Crippen molar-refractivity contribution >= 4 is 22.7 Å². The van der Waals surface area contributed by atoms with Gasteiger partial charge in [0, 0.05) is 10.8 Å². The van der Waals surface area contributed by atoms with Gasteiger partial charge in [-0.15, -0.1) is 5.10 Å². The normalized spacial score (nSPS) is 11.1. The summed E-state index contributed by atoms with van der Waals surface area (Å²) in [6.07, 6.45) is 2.42. The third-order valence-electron chi connectivity index (χ3n) is 2.42. The Hall–Kier alpha value is -3.04. The van der Waals surface area contributed by atoms with Crippen molar-refractivity contribution in [2.24, 2.45) is 0 Å². The Morgan fingerprint density at radius 3 is 2.78 bits per heavy atom. The summed E-state index contributed by atoms with van der Waals surface area (Å²) in [6, 6.07) is 3.23. The second-order valence-electron chi connectivity index (χ2n) is 3.43. The number of hydrogen-bond acceptors (Lipinski definition) is 5. The molecule has 3 aromatic heterocycles. The van der Waals surface area contributed by atoms with Gasteiger partial charge in [-0.25, -0.2) is 4.98 Å². The molecule has 0 amide bonds. The number of pyridine rings is 1. The fraction of sp³-hybridized carbons (Fsp3) is 0. The summed E-state index contributed by atoms with van der Waals surface area (Å²) >= 11 is 0. The number of nitro groups is 2. The number of nitrogens with zero attached hydrogens (tertiary/aromatic N) is 6. The van der Waals surface area contributed by atoms with Gasteiger partial charge in [0.1, 0.15) is 0 Å². The summed E-state index contributed by atoms with van der Waals surface area (Å²) in [5.41, 5.74) is -0.0205. The molecule has 18 heavy (non-hydrogen) atoms. The first-order chi connectivity index (χ1) is 8.59. The number of rotatable bonds is 2. The van der Waals surface area contributed by atoms with Crippen LogP contribution in [0.5, 0.6) is 0 Å². The molecule has 0 saturated heterocycles. The predicted molar refractivity (Wildman–Crippen MR) is 55.0 cm³/mol. The molecule has 3 aromatic rings. The van der Waals surface area contributed by atoms with Crippen molar-refractivity contribution in [1.29, 1.82) is 0 Å². The summed E-state index contributed by atoms with van der Waals surface area (Å²) in [7, 11) is 0. The molecule has 0 aromatic carbocycles. The lowest BCUT2D eigenvalue weighted by atomic mass is 10.4. The minimum atomic E-state index is -0.825. The first-order valence-corrected chi connectivity index (χ1v) is 4.73. The van der Waals surface area contributed by atoms with E-state index in [1.54, 1.807) is 12.1 Å². The number of aromatic nitrogens is 4. The van der Waals surface area contributed by atoms with E-state index in [1.165, 1.54) is 6.20 Å². The summed E-state index contributed by atoms with van der Waals surface area (Å²) in [5.74, 6) is -0.666. The summed E-state index contributed by atoms with van der Waals surface area (Å²) in [4.78, 5) is 24.0. The molecule has 0 N–H and O–H groups in total. The summed E-state index contributed by atoms with van der Waals surface area (Å²) in [6.45, 7) is 0. The Kier molecular flexibility index (Phi) is 1.82. The molecule has 0 aliphatic heterocycles. The van der Waals surface area contributed by atoms with E-state index >= 15 is 0 Å². The molecule has 0 atom stereocenters. The smallest absolute Gasteiger partial charge is 0.358 e. The molecule has 0 radical (unpaired) electrons. The average molecular weight is 248 g/mol. The highest BCUT2D eigenvalue weighted by Gasteiger charge is 2.39. The first-order valence-electron chi connectivity index (χ1n) is 4.73. The van der Waals surface area contributed by atoms with Gasteiger partial charge in [-0.05, 0) is 17.1 Å². The second kappa shape index (κ2) is 3.23. The van der Waals surface area contributed by atoms with Gasteiger partial charge in [-0.3, -0.25) is 10.1 Å². The first kappa shape index (κ1) is 10.1. The molecular formula is C8H4N6O4. The predicted octanol–water partition coefficient (Wildman–Crippen LogP) is -0.153. The Bertz CT molecular complexity index is 802. The monoisotopic (exact) mass is 248 g/mol. The summed E-state index contributed by atoms with van der Waals surface area (Å²) < 4.78 is 2.03. The van der Waals surface area contributed by atoms with Crippen LogP contribution in [0.1, 0.15) is 0 Å². The lowest BCUT2D eigenvalue weighted by Gasteiger charge is -1.88. The van der Waals surface area contributed by atoms with E-state index < -0.39 is 21.4 Å². The van der Waals surface area contributed by atoms with Crippen LogP contribution in [0.4, 0.5) is 11.5 Å². The highest BCUT2D eigenvalue weighted by Crippen LogP contribution is 2.25. The van der Waals surface area contributed by atoms with Crippen molar-refractivity contribution in [2.75, 3.05) is 0 Å². The second-order valence-corrected chi connectivity index (χ2v) is 3.43. The van der Waals surface area contributed by atoms with Crippen LogP contribution in [0.2, 0.25) is 0 Å². The Morgan fingerprint density at radius 2 is 2.11 bits per heavy atom. The molecule has 0 aliphatic carbocycles. The van der Waals surface area contributed by atoms with Crippen LogP contribution in [0.3, 0.4) is 0 Å². The van der Waals surface area contributed by atoms with Gasteiger partial charge in [-0.2, -0.15) is 0 Å². The SMILES string of the molecule is O=[N+]([O-])c1c[n+]2[n-]c3cccnc3n2c1[N+](=O)[O-]. The van der Waals surface area contributed by atoms with E-state index in [1.807, 2.05) is 0 Å². The maximum Gasteiger partial charge on any atom is 0.470 e. The maximum atomic E-state index is 11.0. The standard InChI is InChI=1S/C8H4N6O4/c15-13(16)6-4-11-10-5-2-1-3-9-7(5)12(11)8(6)14(17)18/h1-4H. The van der Waals surface area contributed by atoms with E-state index in [0.717, 1.165) is 15.3 Å². The van der Waals surface area contributed by atoms with Crippen molar-refractivity contribution in [3.63, 3.8) is 0 Å².